The van der Waals surface area contributed by atoms with Gasteiger partial charge in [0.2, 0.25) is 12.4 Å². The van der Waals surface area contributed by atoms with E-state index >= 15 is 0 Å². The zero-order valence-electron chi connectivity index (χ0n) is 57.7. The predicted octanol–water partition coefficient (Wildman–Crippen LogP) is 12.0. The Hall–Kier alpha value is -6.14. The highest BCUT2D eigenvalue weighted by Crippen LogP contribution is 2.63. The number of aliphatic hydroxyl groups is 3. The molecule has 17 rings (SSSR count). The minimum Gasteiger partial charge on any atom is -0.463 e. The van der Waals surface area contributed by atoms with Gasteiger partial charge in [-0.15, -0.1) is 0 Å². The molecule has 0 aromatic heterocycles. The summed E-state index contributed by atoms with van der Waals surface area (Å²) in [6.45, 7) is 33.7. The van der Waals surface area contributed by atoms with Crippen molar-refractivity contribution in [3.8, 4) is 0 Å². The molecule has 0 aromatic rings. The quantitative estimate of drug-likeness (QED) is 0.0779. The molecule has 14 aliphatic carbocycles. The maximum absolute atomic E-state index is 12.0. The fourth-order valence-corrected chi connectivity index (χ4v) is 20.0. The van der Waals surface area contributed by atoms with Gasteiger partial charge in [0.05, 0.1) is 41.7 Å². The van der Waals surface area contributed by atoms with Gasteiger partial charge in [0.25, 0.3) is 0 Å². The van der Waals surface area contributed by atoms with Gasteiger partial charge in [-0.3, -0.25) is 4.79 Å². The Bertz CT molecular complexity index is 3090. The Morgan fingerprint density at radius 2 is 0.990 bits per heavy atom. The summed E-state index contributed by atoms with van der Waals surface area (Å²) in [6, 6.07) is 0. The van der Waals surface area contributed by atoms with Crippen molar-refractivity contribution in [2.75, 3.05) is 31.3 Å². The fourth-order valence-electron chi connectivity index (χ4n) is 19.3. The zero-order valence-corrected chi connectivity index (χ0v) is 58.5. The number of carbonyl (C=O) groups is 9. The van der Waals surface area contributed by atoms with Crippen LogP contribution in [0.4, 0.5) is 0 Å². The van der Waals surface area contributed by atoms with Crippen LogP contribution in [0.5, 0.6) is 0 Å². The van der Waals surface area contributed by atoms with Crippen LogP contribution in [0.3, 0.4) is 0 Å². The van der Waals surface area contributed by atoms with Gasteiger partial charge in [0.15, 0.2) is 6.61 Å². The van der Waals surface area contributed by atoms with Gasteiger partial charge in [0, 0.05) is 83.1 Å². The summed E-state index contributed by atoms with van der Waals surface area (Å²) in [6.07, 6.45) is 16.8. The van der Waals surface area contributed by atoms with Crippen molar-refractivity contribution in [2.24, 2.45) is 59.2 Å². The number of cyclic esters (lactones) is 1. The molecule has 11 unspecified atom stereocenters. The Kier molecular flexibility index (Phi) is 28.9. The van der Waals surface area contributed by atoms with Crippen LogP contribution in [-0.2, 0) is 90.5 Å². The molecule has 0 aromatic carbocycles. The van der Waals surface area contributed by atoms with Crippen molar-refractivity contribution in [3.05, 3.63) is 72.9 Å². The van der Waals surface area contributed by atoms with Gasteiger partial charge in [-0.25, -0.2) is 38.4 Å². The molecule has 17 aliphatic rings. The van der Waals surface area contributed by atoms with Crippen LogP contribution in [0.15, 0.2) is 72.9 Å². The lowest BCUT2D eigenvalue weighted by Gasteiger charge is -2.62. The predicted molar refractivity (Wildman–Crippen MR) is 379 cm³/mol. The molecule has 14 saturated carbocycles. The minimum atomic E-state index is -0.858. The van der Waals surface area contributed by atoms with Crippen molar-refractivity contribution < 1.29 is 106 Å². The molecule has 3 heterocycles. The maximum Gasteiger partial charge on any atom is 0.347 e. The van der Waals surface area contributed by atoms with E-state index < -0.39 is 76.7 Å². The summed E-state index contributed by atoms with van der Waals surface area (Å²) in [5, 5.41) is 31.5. The van der Waals surface area contributed by atoms with E-state index in [9.17, 15) is 58.5 Å². The van der Waals surface area contributed by atoms with E-state index in [-0.39, 0.29) is 106 Å². The molecule has 17 fully saturated rings. The summed E-state index contributed by atoms with van der Waals surface area (Å²) in [5.74, 6) is 2.76. The molecule has 101 heavy (non-hydrogen) atoms. The van der Waals surface area contributed by atoms with Gasteiger partial charge >= 0.3 is 53.7 Å². The molecule has 568 valence electrons. The van der Waals surface area contributed by atoms with Crippen molar-refractivity contribution >= 4 is 65.5 Å². The number of rotatable bonds is 15. The zero-order chi connectivity index (χ0) is 70.9. The Morgan fingerprint density at radius 1 is 0.515 bits per heavy atom. The number of fused-ring (bicyclic) bond motifs is 1. The van der Waals surface area contributed by atoms with Crippen molar-refractivity contribution in [2.45, 2.75) is 271 Å². The number of esters is 9. The van der Waals surface area contributed by atoms with E-state index in [1.165, 1.54) is 52.4 Å². The summed E-state index contributed by atoms with van der Waals surface area (Å²) in [4.78, 5) is 103. The van der Waals surface area contributed by atoms with Crippen LogP contribution in [-0.4, -0.2) is 159 Å². The van der Waals surface area contributed by atoms with E-state index in [1.807, 2.05) is 0 Å². The average molecular weight is 1440 g/mol. The molecule has 0 spiro atoms. The lowest BCUT2D eigenvalue weighted by Crippen LogP contribution is -2.66. The highest BCUT2D eigenvalue weighted by molar-refractivity contribution is 7.99. The summed E-state index contributed by atoms with van der Waals surface area (Å²) in [5.41, 5.74) is -1.24. The molecule has 3 saturated heterocycles. The number of carbonyl (C=O) groups excluding carboxylic acids is 9. The summed E-state index contributed by atoms with van der Waals surface area (Å²) >= 11 is 1.72. The minimum absolute atomic E-state index is 0. The number of hydrogen-bond donors (Lipinski definition) is 3. The van der Waals surface area contributed by atoms with Crippen LogP contribution < -0.4 is 0 Å². The molecule has 22 nitrogen and oxygen atoms in total. The Labute approximate surface area is 603 Å². The lowest BCUT2D eigenvalue weighted by atomic mass is 9.49. The largest absolute Gasteiger partial charge is 0.463 e. The molecular weight excluding hydrogens is 1320 g/mol. The second-order valence-corrected chi connectivity index (χ2v) is 32.2. The molecule has 14 bridgehead atoms. The van der Waals surface area contributed by atoms with Gasteiger partial charge in [0.1, 0.15) is 29.0 Å². The molecule has 0 amide bonds. The maximum atomic E-state index is 12.0. The van der Waals surface area contributed by atoms with Crippen LogP contribution in [0, 0.1) is 59.2 Å². The van der Waals surface area contributed by atoms with Crippen LogP contribution in [0.25, 0.3) is 0 Å². The van der Waals surface area contributed by atoms with Crippen molar-refractivity contribution in [3.63, 3.8) is 0 Å². The van der Waals surface area contributed by atoms with Crippen LogP contribution in [0.2, 0.25) is 0 Å². The number of ether oxygens (including phenoxy) is 10. The third-order valence-electron chi connectivity index (χ3n) is 22.2. The van der Waals surface area contributed by atoms with Gasteiger partial charge in [-0.2, -0.15) is 11.8 Å². The monoisotopic (exact) mass is 1440 g/mol. The first kappa shape index (κ1) is 85.5. The number of thioether (sulfide) groups is 1. The smallest absolute Gasteiger partial charge is 0.347 e. The first-order valence-electron chi connectivity index (χ1n) is 34.6. The Morgan fingerprint density at radius 3 is 1.46 bits per heavy atom. The van der Waals surface area contributed by atoms with E-state index in [1.54, 1.807) is 39.5 Å². The lowest BCUT2D eigenvalue weighted by molar-refractivity contribution is -0.260. The van der Waals surface area contributed by atoms with Gasteiger partial charge in [-0.05, 0) is 186 Å². The first-order chi connectivity index (χ1) is 45.5. The van der Waals surface area contributed by atoms with Crippen LogP contribution in [0.1, 0.15) is 213 Å². The topological polar surface area (TPSA) is 307 Å². The average Bonchev–Trinajstić information content (AvgIpc) is 1.58. The molecule has 3 aliphatic heterocycles. The normalized spacial score (nSPS) is 37.3. The third kappa shape index (κ3) is 20.2. The van der Waals surface area contributed by atoms with E-state index in [0.717, 1.165) is 87.5 Å². The fraction of sp³-hybridized carbons (Fsp3) is 0.731. The third-order valence-corrected chi connectivity index (χ3v) is 23.1. The van der Waals surface area contributed by atoms with Crippen molar-refractivity contribution in [1.29, 1.82) is 0 Å². The Balaban J connectivity index is 0.000000219. The van der Waals surface area contributed by atoms with Crippen molar-refractivity contribution in [1.82, 2.24) is 0 Å². The van der Waals surface area contributed by atoms with E-state index in [2.05, 4.69) is 51.1 Å². The van der Waals surface area contributed by atoms with Crippen LogP contribution >= 0.6 is 11.8 Å². The second kappa shape index (κ2) is 34.2. The molecular formula is C78H118O22S. The standard InChI is InChI=1S/C16H24O2.C14H16O6.C14H20O4.C14H20O3.C8H10O4.C8H12O3S.4CH4/c1-4-16(18-15(17)10(2)3)13-6-11-5-12(8-13)9-14(16)7-11;1-6(2)13(16)18-5-10(15)19-11-7-3-8-9(4-7)14(17)20-12(8)11;1-9(2)11(15)18-14-5-10-3-12(16,7-14)6-13(17,4-10)8-14;1-9(2)12(15)17-14-6-10-3-11(7-14)5-13(16,4-10)8-14;1-5(2)7(9)12-6-3-4-11-8(6)10;1-6(2)8(9)11-7-5-12-4-3-10-7;;;;/h11-14H,2,4-9H2,1,3H3;7-9,11-12H,1,3-5H2,2H3;10,16-17H,1,3-8H2,2H3;10-11,16H,1,3-8H2,2H3;6H,1,3-4H2,2H3;7H,1,3-5H2,2H3;4*1H4. The first-order valence-corrected chi connectivity index (χ1v) is 35.8. The molecule has 23 heteroatoms. The highest BCUT2D eigenvalue weighted by Gasteiger charge is 2.66. The molecule has 11 atom stereocenters. The molecule has 3 N–H and O–H groups in total. The van der Waals surface area contributed by atoms with E-state index in [0.29, 0.717) is 91.3 Å². The highest BCUT2D eigenvalue weighted by atomic mass is 32.2. The number of hydrogen-bond acceptors (Lipinski definition) is 23. The summed E-state index contributed by atoms with van der Waals surface area (Å²) < 4.78 is 52.1. The second-order valence-electron chi connectivity index (χ2n) is 31.0. The van der Waals surface area contributed by atoms with Gasteiger partial charge < -0.3 is 62.7 Å². The van der Waals surface area contributed by atoms with Gasteiger partial charge in [-0.1, -0.05) is 76.1 Å². The summed E-state index contributed by atoms with van der Waals surface area (Å²) in [7, 11) is 0. The molecule has 0 radical (unpaired) electrons. The van der Waals surface area contributed by atoms with E-state index in [4.69, 9.17) is 42.6 Å². The SMILES string of the molecule is C.C.C.C.C=C(C)C(=O)OC1(CC)C2CC3CC(C2)CC1C3.C=C(C)C(=O)OC12CC3CC(CC(O)(C3)C1)C2.C=C(C)C(=O)OC12CC3CC(O)(CC(O)(C3)C1)C2.C=C(C)C(=O)OC1CCOC1=O.C=C(C)C(=O)OC1CSCCO1.C=C(C)C(=O)OCC(=O)OC1C2CC3C(=O)OC1C3C2.